The highest BCUT2D eigenvalue weighted by atomic mass is 32.1. The Balaban J connectivity index is 1.95. The largest absolute Gasteiger partial charge is 0.461 e. The molecule has 0 aliphatic carbocycles. The maximum absolute atomic E-state index is 12.9. The van der Waals surface area contributed by atoms with Gasteiger partial charge in [-0.25, -0.2) is 14.6 Å². The summed E-state index contributed by atoms with van der Waals surface area (Å²) in [5.74, 6) is -1.41. The van der Waals surface area contributed by atoms with E-state index in [1.807, 2.05) is 0 Å². The van der Waals surface area contributed by atoms with Crippen LogP contribution in [0.5, 0.6) is 11.5 Å². The van der Waals surface area contributed by atoms with E-state index in [2.05, 4.69) is 10.1 Å². The van der Waals surface area contributed by atoms with Crippen molar-refractivity contribution < 1.29 is 33.4 Å². The number of hydrogen-bond acceptors (Lipinski definition) is 11. The van der Waals surface area contributed by atoms with Crippen molar-refractivity contribution in [3.63, 3.8) is 0 Å². The number of thiazole rings is 1. The van der Waals surface area contributed by atoms with Crippen LogP contribution in [-0.2, 0) is 25.7 Å². The fourth-order valence-electron chi connectivity index (χ4n) is 2.94. The monoisotopic (exact) mass is 477 g/mol. The number of rotatable bonds is 7. The second kappa shape index (κ2) is 9.26. The van der Waals surface area contributed by atoms with Gasteiger partial charge in [-0.1, -0.05) is 5.16 Å². The Hall–Kier alpha value is -3.34. The van der Waals surface area contributed by atoms with E-state index in [0.29, 0.717) is 17.1 Å². The minimum absolute atomic E-state index is 0.145. The number of benzene rings is 1. The zero-order valence-corrected chi connectivity index (χ0v) is 20.2. The number of esters is 2. The van der Waals surface area contributed by atoms with Crippen molar-refractivity contribution in [3.8, 4) is 11.5 Å². The summed E-state index contributed by atoms with van der Waals surface area (Å²) in [6.45, 7) is 10.4. The van der Waals surface area contributed by atoms with E-state index in [9.17, 15) is 9.59 Å². The van der Waals surface area contributed by atoms with Crippen molar-refractivity contribution in [1.29, 1.82) is 0 Å². The third-order valence-corrected chi connectivity index (χ3v) is 4.82. The quantitative estimate of drug-likeness (QED) is 0.360. The Morgan fingerprint density at radius 3 is 2.58 bits per heavy atom. The number of nitrogen functional groups attached to an aromatic ring is 1. The van der Waals surface area contributed by atoms with Gasteiger partial charge < -0.3 is 29.5 Å². The van der Waals surface area contributed by atoms with Crippen molar-refractivity contribution in [2.45, 2.75) is 59.5 Å². The number of oxime groups is 1. The zero-order chi connectivity index (χ0) is 24.4. The van der Waals surface area contributed by atoms with E-state index in [1.165, 1.54) is 0 Å². The molecule has 0 bridgehead atoms. The Labute approximate surface area is 195 Å². The van der Waals surface area contributed by atoms with Crippen molar-refractivity contribution in [1.82, 2.24) is 4.98 Å². The predicted molar refractivity (Wildman–Crippen MR) is 121 cm³/mol. The number of hydrogen-bond donors (Lipinski definition) is 1. The number of nitrogens with two attached hydrogens (primary N) is 1. The predicted octanol–water partition coefficient (Wildman–Crippen LogP) is 3.67. The number of carbonyl (C=O) groups excluding carboxylic acids is 2. The molecule has 1 aromatic carbocycles. The Morgan fingerprint density at radius 1 is 1.24 bits per heavy atom. The highest BCUT2D eigenvalue weighted by molar-refractivity contribution is 7.13. The standard InChI is InChI=1S/C22H27N3O7S/c1-7-28-19(27)16(14-11-33-20(23)24-14)25-29-10-13-12(18(26)32-21(2,3)4)8-9-15-17(13)31-22(5,6)30-15/h8-9,11H,7,10H2,1-6H3,(H2,23,24)/b25-16-. The fraction of sp³-hybridized carbons (Fsp3) is 0.455. The maximum Gasteiger partial charge on any atom is 0.362 e. The molecule has 2 aromatic rings. The van der Waals surface area contributed by atoms with Gasteiger partial charge in [0.05, 0.1) is 17.7 Å². The molecule has 0 radical (unpaired) electrons. The van der Waals surface area contributed by atoms with Gasteiger partial charge in [-0.05, 0) is 39.8 Å². The number of nitrogens with zero attached hydrogens (tertiary/aromatic N) is 2. The van der Waals surface area contributed by atoms with Crippen LogP contribution in [0.15, 0.2) is 22.7 Å². The highest BCUT2D eigenvalue weighted by Crippen LogP contribution is 2.43. The lowest BCUT2D eigenvalue weighted by Crippen LogP contribution is -2.30. The van der Waals surface area contributed by atoms with Crippen LogP contribution < -0.4 is 15.2 Å². The summed E-state index contributed by atoms with van der Waals surface area (Å²) in [6.07, 6.45) is 0. The molecule has 0 amide bonds. The van der Waals surface area contributed by atoms with Gasteiger partial charge in [-0.2, -0.15) is 0 Å². The second-order valence-corrected chi connectivity index (χ2v) is 9.42. The van der Waals surface area contributed by atoms with Gasteiger partial charge >= 0.3 is 11.9 Å². The molecule has 10 nitrogen and oxygen atoms in total. The van der Waals surface area contributed by atoms with Crippen LogP contribution in [-0.4, -0.2) is 40.6 Å². The van der Waals surface area contributed by atoms with E-state index < -0.39 is 23.3 Å². The SMILES string of the molecule is CCOC(=O)/C(=N\OCc1c(C(=O)OC(C)(C)C)ccc2c1OC(C)(C)O2)c1csc(N)n1. The molecule has 1 aliphatic rings. The number of aromatic nitrogens is 1. The maximum atomic E-state index is 12.9. The van der Waals surface area contributed by atoms with Gasteiger partial charge in [0.2, 0.25) is 11.5 Å². The molecule has 0 saturated carbocycles. The molecule has 2 heterocycles. The van der Waals surface area contributed by atoms with Gasteiger partial charge in [-0.15, -0.1) is 11.3 Å². The second-order valence-electron chi connectivity index (χ2n) is 8.53. The Bertz CT molecular complexity index is 1090. The van der Waals surface area contributed by atoms with E-state index in [0.717, 1.165) is 11.3 Å². The van der Waals surface area contributed by atoms with Crippen LogP contribution in [0.3, 0.4) is 0 Å². The average molecular weight is 478 g/mol. The van der Waals surface area contributed by atoms with Crippen LogP contribution in [0.4, 0.5) is 5.13 Å². The first-order valence-electron chi connectivity index (χ1n) is 10.3. The van der Waals surface area contributed by atoms with Crippen molar-refractivity contribution in [2.75, 3.05) is 12.3 Å². The molecule has 0 fully saturated rings. The van der Waals surface area contributed by atoms with Crippen LogP contribution in [0, 0.1) is 0 Å². The van der Waals surface area contributed by atoms with Gasteiger partial charge in [-0.3, -0.25) is 0 Å². The van der Waals surface area contributed by atoms with Gasteiger partial charge in [0.15, 0.2) is 16.6 Å². The molecule has 1 aromatic heterocycles. The zero-order valence-electron chi connectivity index (χ0n) is 19.4. The van der Waals surface area contributed by atoms with Crippen molar-refractivity contribution >= 4 is 34.1 Å². The summed E-state index contributed by atoms with van der Waals surface area (Å²) in [5, 5.41) is 5.78. The summed E-state index contributed by atoms with van der Waals surface area (Å²) >= 11 is 1.15. The first kappa shape index (κ1) is 24.3. The Kier molecular flexibility index (Phi) is 6.82. The van der Waals surface area contributed by atoms with Gasteiger partial charge in [0.25, 0.3) is 0 Å². The van der Waals surface area contributed by atoms with Crippen LogP contribution in [0.1, 0.15) is 63.2 Å². The highest BCUT2D eigenvalue weighted by Gasteiger charge is 2.36. The summed E-state index contributed by atoms with van der Waals surface area (Å²) in [7, 11) is 0. The number of ether oxygens (including phenoxy) is 4. The number of anilines is 1. The fourth-order valence-corrected chi connectivity index (χ4v) is 3.49. The summed E-state index contributed by atoms with van der Waals surface area (Å²) in [4.78, 5) is 34.8. The van der Waals surface area contributed by atoms with Crippen LogP contribution in [0.2, 0.25) is 0 Å². The molecule has 11 heteroatoms. The van der Waals surface area contributed by atoms with Crippen molar-refractivity contribution in [2.24, 2.45) is 5.16 Å². The number of fused-ring (bicyclic) bond motifs is 1. The summed E-state index contributed by atoms with van der Waals surface area (Å²) in [6, 6.07) is 3.21. The molecule has 178 valence electrons. The van der Waals surface area contributed by atoms with Gasteiger partial charge in [0, 0.05) is 19.2 Å². The molecule has 33 heavy (non-hydrogen) atoms. The summed E-state index contributed by atoms with van der Waals surface area (Å²) in [5.41, 5.74) is 5.66. The minimum atomic E-state index is -0.929. The molecule has 0 spiro atoms. The minimum Gasteiger partial charge on any atom is -0.461 e. The van der Waals surface area contributed by atoms with Gasteiger partial charge in [0.1, 0.15) is 17.9 Å². The lowest BCUT2D eigenvalue weighted by molar-refractivity contribution is -0.135. The number of carbonyl (C=O) groups is 2. The smallest absolute Gasteiger partial charge is 0.362 e. The van der Waals surface area contributed by atoms with E-state index in [4.69, 9.17) is 29.5 Å². The molecule has 2 N–H and O–H groups in total. The molecule has 0 unspecified atom stereocenters. The topological polar surface area (TPSA) is 132 Å². The lowest BCUT2D eigenvalue weighted by atomic mass is 10.1. The molecular formula is C22H27N3O7S. The first-order chi connectivity index (χ1) is 15.4. The molecular weight excluding hydrogens is 450 g/mol. The molecule has 0 saturated heterocycles. The third-order valence-electron chi connectivity index (χ3n) is 4.14. The normalized spacial score (nSPS) is 14.7. The summed E-state index contributed by atoms with van der Waals surface area (Å²) < 4.78 is 22.2. The molecule has 3 rings (SSSR count). The molecule has 0 atom stereocenters. The van der Waals surface area contributed by atoms with Crippen LogP contribution >= 0.6 is 11.3 Å². The van der Waals surface area contributed by atoms with E-state index in [1.54, 1.807) is 59.1 Å². The van der Waals surface area contributed by atoms with Crippen molar-refractivity contribution in [3.05, 3.63) is 34.3 Å². The van der Waals surface area contributed by atoms with E-state index >= 15 is 0 Å². The van der Waals surface area contributed by atoms with E-state index in [-0.39, 0.29) is 35.3 Å². The average Bonchev–Trinajstić information content (AvgIpc) is 3.25. The lowest BCUT2D eigenvalue weighted by Gasteiger charge is -2.21. The Morgan fingerprint density at radius 2 is 1.97 bits per heavy atom. The first-order valence-corrected chi connectivity index (χ1v) is 11.1. The molecule has 1 aliphatic heterocycles. The van der Waals surface area contributed by atoms with Crippen LogP contribution in [0.25, 0.3) is 0 Å². The third kappa shape index (κ3) is 5.92.